The van der Waals surface area contributed by atoms with Crippen LogP contribution in [0, 0.1) is 0 Å². The minimum atomic E-state index is 0.118. The van der Waals surface area contributed by atoms with E-state index >= 15 is 0 Å². The third-order valence-electron chi connectivity index (χ3n) is 3.08. The zero-order valence-corrected chi connectivity index (χ0v) is 13.0. The van der Waals surface area contributed by atoms with Crippen molar-refractivity contribution in [1.29, 1.82) is 0 Å². The number of hydrogen-bond acceptors (Lipinski definition) is 3. The first-order valence-corrected chi connectivity index (χ1v) is 7.81. The SMILES string of the molecule is CCCOc1cccnc1NC(CCl)Cc1ccccc1. The van der Waals surface area contributed by atoms with Crippen molar-refractivity contribution in [2.45, 2.75) is 25.8 Å². The summed E-state index contributed by atoms with van der Waals surface area (Å²) in [5, 5.41) is 3.39. The topological polar surface area (TPSA) is 34.1 Å². The van der Waals surface area contributed by atoms with Crippen molar-refractivity contribution < 1.29 is 4.74 Å². The minimum absolute atomic E-state index is 0.118. The van der Waals surface area contributed by atoms with Crippen LogP contribution in [-0.2, 0) is 6.42 Å². The molecule has 0 aliphatic heterocycles. The van der Waals surface area contributed by atoms with Gasteiger partial charge >= 0.3 is 0 Å². The average molecular weight is 305 g/mol. The number of rotatable bonds is 8. The van der Waals surface area contributed by atoms with E-state index in [4.69, 9.17) is 16.3 Å². The maximum atomic E-state index is 6.09. The summed E-state index contributed by atoms with van der Waals surface area (Å²) in [4.78, 5) is 4.37. The summed E-state index contributed by atoms with van der Waals surface area (Å²) in [6, 6.07) is 14.2. The van der Waals surface area contributed by atoms with E-state index in [9.17, 15) is 0 Å². The number of alkyl halides is 1. The number of ether oxygens (including phenoxy) is 1. The van der Waals surface area contributed by atoms with Gasteiger partial charge in [-0.05, 0) is 30.5 Å². The van der Waals surface area contributed by atoms with Gasteiger partial charge < -0.3 is 10.1 Å². The first-order chi connectivity index (χ1) is 10.3. The Kier molecular flexibility index (Phi) is 6.35. The van der Waals surface area contributed by atoms with Gasteiger partial charge in [0.2, 0.25) is 0 Å². The van der Waals surface area contributed by atoms with Crippen LogP contribution in [0.25, 0.3) is 0 Å². The molecule has 1 atom stereocenters. The lowest BCUT2D eigenvalue weighted by atomic mass is 10.1. The smallest absolute Gasteiger partial charge is 0.169 e. The first-order valence-electron chi connectivity index (χ1n) is 7.27. The van der Waals surface area contributed by atoms with Crippen LogP contribution in [0.1, 0.15) is 18.9 Å². The molecule has 1 aromatic carbocycles. The summed E-state index contributed by atoms with van der Waals surface area (Å²) >= 11 is 6.09. The Morgan fingerprint density at radius 3 is 2.71 bits per heavy atom. The standard InChI is InChI=1S/C17H21ClN2O/c1-2-11-21-16-9-6-10-19-17(16)20-15(13-18)12-14-7-4-3-5-8-14/h3-10,15H,2,11-13H2,1H3,(H,19,20). The van der Waals surface area contributed by atoms with E-state index in [1.54, 1.807) is 6.20 Å². The second kappa shape index (κ2) is 8.53. The molecule has 0 amide bonds. The first kappa shape index (κ1) is 15.6. The molecular formula is C17H21ClN2O. The quantitative estimate of drug-likeness (QED) is 0.745. The maximum absolute atomic E-state index is 6.09. The Labute approximate surface area is 131 Å². The van der Waals surface area contributed by atoms with Crippen LogP contribution in [0.15, 0.2) is 48.7 Å². The number of hydrogen-bond donors (Lipinski definition) is 1. The van der Waals surface area contributed by atoms with Crippen LogP contribution in [0.2, 0.25) is 0 Å². The van der Waals surface area contributed by atoms with E-state index < -0.39 is 0 Å². The molecule has 0 fully saturated rings. The number of pyridine rings is 1. The Balaban J connectivity index is 2.04. The highest BCUT2D eigenvalue weighted by molar-refractivity contribution is 6.18. The van der Waals surface area contributed by atoms with Crippen molar-refractivity contribution in [2.75, 3.05) is 17.8 Å². The number of anilines is 1. The third kappa shape index (κ3) is 4.94. The second-order valence-electron chi connectivity index (χ2n) is 4.88. The average Bonchev–Trinajstić information content (AvgIpc) is 2.54. The molecule has 1 unspecified atom stereocenters. The monoisotopic (exact) mass is 304 g/mol. The maximum Gasteiger partial charge on any atom is 0.169 e. The van der Waals surface area contributed by atoms with Gasteiger partial charge in [0.05, 0.1) is 6.61 Å². The highest BCUT2D eigenvalue weighted by Gasteiger charge is 2.12. The van der Waals surface area contributed by atoms with Gasteiger partial charge in [0.1, 0.15) is 0 Å². The van der Waals surface area contributed by atoms with E-state index in [0.717, 1.165) is 24.4 Å². The van der Waals surface area contributed by atoms with Crippen molar-refractivity contribution in [3.8, 4) is 5.75 Å². The van der Waals surface area contributed by atoms with E-state index in [0.29, 0.717) is 12.5 Å². The van der Waals surface area contributed by atoms with Crippen molar-refractivity contribution >= 4 is 17.4 Å². The van der Waals surface area contributed by atoms with Crippen molar-refractivity contribution in [3.63, 3.8) is 0 Å². The fourth-order valence-electron chi connectivity index (χ4n) is 2.06. The summed E-state index contributed by atoms with van der Waals surface area (Å²) in [6.07, 6.45) is 3.58. The van der Waals surface area contributed by atoms with Crippen molar-refractivity contribution in [1.82, 2.24) is 4.98 Å². The second-order valence-corrected chi connectivity index (χ2v) is 5.19. The highest BCUT2D eigenvalue weighted by atomic mass is 35.5. The summed E-state index contributed by atoms with van der Waals surface area (Å²) < 4.78 is 5.71. The normalized spacial score (nSPS) is 11.9. The molecule has 0 aliphatic rings. The molecule has 1 aromatic heterocycles. The molecule has 0 spiro atoms. The molecule has 0 saturated heterocycles. The minimum Gasteiger partial charge on any atom is -0.490 e. The molecule has 112 valence electrons. The van der Waals surface area contributed by atoms with Gasteiger partial charge in [0.15, 0.2) is 11.6 Å². The van der Waals surface area contributed by atoms with E-state index in [1.807, 2.05) is 30.3 Å². The molecule has 0 radical (unpaired) electrons. The molecule has 21 heavy (non-hydrogen) atoms. The highest BCUT2D eigenvalue weighted by Crippen LogP contribution is 2.22. The van der Waals surface area contributed by atoms with Crippen LogP contribution >= 0.6 is 11.6 Å². The number of benzene rings is 1. The molecule has 3 nitrogen and oxygen atoms in total. The Morgan fingerprint density at radius 2 is 2.00 bits per heavy atom. The summed E-state index contributed by atoms with van der Waals surface area (Å²) in [6.45, 7) is 2.77. The fourth-order valence-corrected chi connectivity index (χ4v) is 2.25. The zero-order valence-electron chi connectivity index (χ0n) is 12.3. The number of nitrogens with zero attached hydrogens (tertiary/aromatic N) is 1. The largest absolute Gasteiger partial charge is 0.490 e. The molecule has 0 aliphatic carbocycles. The predicted molar refractivity (Wildman–Crippen MR) is 88.3 cm³/mol. The fraction of sp³-hybridized carbons (Fsp3) is 0.353. The van der Waals surface area contributed by atoms with Crippen LogP contribution in [0.3, 0.4) is 0 Å². The molecule has 4 heteroatoms. The lowest BCUT2D eigenvalue weighted by molar-refractivity contribution is 0.317. The molecule has 2 aromatic rings. The van der Waals surface area contributed by atoms with Crippen LogP contribution in [0.5, 0.6) is 5.75 Å². The van der Waals surface area contributed by atoms with Gasteiger partial charge in [-0.3, -0.25) is 0 Å². The van der Waals surface area contributed by atoms with Crippen molar-refractivity contribution in [2.24, 2.45) is 0 Å². The molecule has 0 bridgehead atoms. The third-order valence-corrected chi connectivity index (χ3v) is 3.46. The van der Waals surface area contributed by atoms with Gasteiger partial charge in [0, 0.05) is 18.1 Å². The van der Waals surface area contributed by atoms with Gasteiger partial charge in [-0.1, -0.05) is 37.3 Å². The molecule has 1 N–H and O–H groups in total. The molecule has 0 saturated carbocycles. The number of nitrogens with one attached hydrogen (secondary N) is 1. The number of halogens is 1. The Bertz CT molecular complexity index is 533. The van der Waals surface area contributed by atoms with Crippen LogP contribution in [0.4, 0.5) is 5.82 Å². The predicted octanol–water partition coefficient (Wildman–Crippen LogP) is 4.13. The van der Waals surface area contributed by atoms with Gasteiger partial charge in [-0.25, -0.2) is 4.98 Å². The summed E-state index contributed by atoms with van der Waals surface area (Å²) in [7, 11) is 0. The molecular weight excluding hydrogens is 284 g/mol. The Morgan fingerprint density at radius 1 is 1.19 bits per heavy atom. The lowest BCUT2D eigenvalue weighted by Crippen LogP contribution is -2.25. The van der Waals surface area contributed by atoms with E-state index in [1.165, 1.54) is 5.56 Å². The number of aromatic nitrogens is 1. The van der Waals surface area contributed by atoms with E-state index in [2.05, 4.69) is 29.4 Å². The van der Waals surface area contributed by atoms with Gasteiger partial charge in [-0.15, -0.1) is 11.6 Å². The van der Waals surface area contributed by atoms with Gasteiger partial charge in [0.25, 0.3) is 0 Å². The Hall–Kier alpha value is -1.74. The molecule has 2 rings (SSSR count). The van der Waals surface area contributed by atoms with E-state index in [-0.39, 0.29) is 6.04 Å². The summed E-state index contributed by atoms with van der Waals surface area (Å²) in [5.74, 6) is 2.05. The molecule has 1 heterocycles. The summed E-state index contributed by atoms with van der Waals surface area (Å²) in [5.41, 5.74) is 1.25. The van der Waals surface area contributed by atoms with Crippen LogP contribution < -0.4 is 10.1 Å². The van der Waals surface area contributed by atoms with Crippen LogP contribution in [-0.4, -0.2) is 23.5 Å². The lowest BCUT2D eigenvalue weighted by Gasteiger charge is -2.19. The zero-order chi connectivity index (χ0) is 14.9. The van der Waals surface area contributed by atoms with Gasteiger partial charge in [-0.2, -0.15) is 0 Å². The van der Waals surface area contributed by atoms with Crippen molar-refractivity contribution in [3.05, 3.63) is 54.2 Å².